The van der Waals surface area contributed by atoms with Crippen LogP contribution in [0.5, 0.6) is 0 Å². The minimum atomic E-state index is -0.674. The molecule has 0 aliphatic heterocycles. The average molecular weight is 947 g/mol. The monoisotopic (exact) mass is 946 g/mol. The molecule has 3 N–H and O–H groups in total. The van der Waals surface area contributed by atoms with E-state index in [0.717, 1.165) is 64.2 Å². The van der Waals surface area contributed by atoms with Gasteiger partial charge in [0.15, 0.2) is 0 Å². The van der Waals surface area contributed by atoms with Crippen LogP contribution >= 0.6 is 0 Å². The van der Waals surface area contributed by atoms with Crippen LogP contribution in [0.1, 0.15) is 341 Å². The molecule has 67 heavy (non-hydrogen) atoms. The van der Waals surface area contributed by atoms with Gasteiger partial charge in [-0.2, -0.15) is 0 Å². The Bertz CT molecular complexity index is 1000. The van der Waals surface area contributed by atoms with Gasteiger partial charge in [-0.05, 0) is 51.4 Å². The standard InChI is InChI=1S/C61H119NO5/c1-3-5-7-9-11-13-15-17-19-20-21-22-27-31-35-39-43-47-51-55-61(66)67-56-52-48-44-40-36-32-28-24-23-26-30-34-38-42-46-50-54-60(65)62-58(57-63)59(64)53-49-45-41-37-33-29-25-18-16-14-12-10-8-6-4-2/h23,26,58-59,63-64H,3-22,24-25,27-57H2,1-2H3,(H,62,65)/b26-23-. The Morgan fingerprint density at radius 3 is 1.06 bits per heavy atom. The van der Waals surface area contributed by atoms with Gasteiger partial charge in [-0.3, -0.25) is 9.59 Å². The molecule has 0 heterocycles. The summed E-state index contributed by atoms with van der Waals surface area (Å²) in [5.41, 5.74) is 0. The smallest absolute Gasteiger partial charge is 0.305 e. The quantitative estimate of drug-likeness (QED) is 0.0321. The molecule has 0 bridgehead atoms. The number of aliphatic hydroxyl groups is 2. The zero-order valence-electron chi connectivity index (χ0n) is 45.4. The van der Waals surface area contributed by atoms with Gasteiger partial charge in [0.2, 0.25) is 5.91 Å². The van der Waals surface area contributed by atoms with E-state index in [9.17, 15) is 19.8 Å². The summed E-state index contributed by atoms with van der Waals surface area (Å²) in [6, 6.07) is -0.553. The number of hydrogen-bond donors (Lipinski definition) is 3. The van der Waals surface area contributed by atoms with Crippen molar-refractivity contribution in [1.82, 2.24) is 5.32 Å². The Balaban J connectivity index is 3.42. The summed E-state index contributed by atoms with van der Waals surface area (Å²) in [4.78, 5) is 24.6. The van der Waals surface area contributed by atoms with Crippen LogP contribution in [0, 0.1) is 0 Å². The van der Waals surface area contributed by atoms with Crippen LogP contribution in [0.4, 0.5) is 0 Å². The third kappa shape index (κ3) is 53.8. The van der Waals surface area contributed by atoms with Crippen LogP contribution in [0.2, 0.25) is 0 Å². The van der Waals surface area contributed by atoms with Crippen molar-refractivity contribution in [2.24, 2.45) is 0 Å². The number of esters is 1. The number of allylic oxidation sites excluding steroid dienone is 2. The number of nitrogens with one attached hydrogen (secondary N) is 1. The number of aliphatic hydroxyl groups excluding tert-OH is 2. The Labute approximate surface area is 419 Å². The van der Waals surface area contributed by atoms with Gasteiger partial charge in [-0.15, -0.1) is 0 Å². The summed E-state index contributed by atoms with van der Waals surface area (Å²) >= 11 is 0. The van der Waals surface area contributed by atoms with E-state index < -0.39 is 12.1 Å². The normalized spacial score (nSPS) is 12.6. The first kappa shape index (κ1) is 65.6. The number of amides is 1. The highest BCUT2D eigenvalue weighted by Gasteiger charge is 2.20. The Morgan fingerprint density at radius 2 is 0.701 bits per heavy atom. The maximum Gasteiger partial charge on any atom is 0.305 e. The Hall–Kier alpha value is -1.40. The molecule has 0 fully saturated rings. The maximum absolute atomic E-state index is 12.5. The molecule has 1 amide bonds. The fourth-order valence-electron chi connectivity index (χ4n) is 9.64. The van der Waals surface area contributed by atoms with Gasteiger partial charge in [0.05, 0.1) is 25.4 Å². The van der Waals surface area contributed by atoms with Gasteiger partial charge in [0.25, 0.3) is 0 Å². The molecular formula is C61H119NO5. The van der Waals surface area contributed by atoms with Crippen LogP contribution in [-0.2, 0) is 14.3 Å². The first-order valence-corrected chi connectivity index (χ1v) is 30.4. The van der Waals surface area contributed by atoms with Crippen molar-refractivity contribution in [3.63, 3.8) is 0 Å². The van der Waals surface area contributed by atoms with Crippen molar-refractivity contribution in [2.75, 3.05) is 13.2 Å². The van der Waals surface area contributed by atoms with Crippen molar-refractivity contribution < 1.29 is 24.5 Å². The lowest BCUT2D eigenvalue weighted by molar-refractivity contribution is -0.143. The molecule has 0 spiro atoms. The number of rotatable bonds is 57. The number of unbranched alkanes of at least 4 members (excludes halogenated alkanes) is 44. The van der Waals surface area contributed by atoms with E-state index in [2.05, 4.69) is 31.3 Å². The van der Waals surface area contributed by atoms with Gasteiger partial charge in [0.1, 0.15) is 0 Å². The third-order valence-corrected chi connectivity index (χ3v) is 14.3. The summed E-state index contributed by atoms with van der Waals surface area (Å²) in [5.74, 6) is -0.0470. The number of ether oxygens (including phenoxy) is 1. The van der Waals surface area contributed by atoms with Crippen LogP contribution in [-0.4, -0.2) is 47.4 Å². The predicted octanol–water partition coefficient (Wildman–Crippen LogP) is 18.9. The number of hydrogen-bond acceptors (Lipinski definition) is 5. The third-order valence-electron chi connectivity index (χ3n) is 14.3. The maximum atomic E-state index is 12.5. The summed E-state index contributed by atoms with van der Waals surface area (Å²) in [7, 11) is 0. The highest BCUT2D eigenvalue weighted by atomic mass is 16.5. The molecule has 0 aromatic carbocycles. The van der Waals surface area contributed by atoms with Crippen LogP contribution in [0.15, 0.2) is 12.2 Å². The second-order valence-electron chi connectivity index (χ2n) is 21.0. The molecule has 0 aliphatic carbocycles. The average Bonchev–Trinajstić information content (AvgIpc) is 3.33. The van der Waals surface area contributed by atoms with E-state index in [4.69, 9.17) is 4.74 Å². The molecule has 0 aromatic rings. The molecule has 6 heteroatoms. The zero-order valence-corrected chi connectivity index (χ0v) is 45.4. The fraction of sp³-hybridized carbons (Fsp3) is 0.934. The van der Waals surface area contributed by atoms with E-state index in [1.165, 1.54) is 244 Å². The van der Waals surface area contributed by atoms with E-state index in [1.807, 2.05) is 0 Å². The van der Waals surface area contributed by atoms with Gasteiger partial charge in [0, 0.05) is 12.8 Å². The molecule has 0 aliphatic rings. The topological polar surface area (TPSA) is 95.9 Å². The van der Waals surface area contributed by atoms with Crippen molar-refractivity contribution in [2.45, 2.75) is 353 Å². The SMILES string of the molecule is CCCCCCCCCCCCCCCCCCCCCC(=O)OCCCCCCCCC/C=C\CCCCCCCC(=O)NC(CO)C(O)CCCCCCCCCCCCCCCCC. The van der Waals surface area contributed by atoms with E-state index in [0.29, 0.717) is 25.9 Å². The van der Waals surface area contributed by atoms with Gasteiger partial charge in [-0.1, -0.05) is 289 Å². The Morgan fingerprint density at radius 1 is 0.403 bits per heavy atom. The fourth-order valence-corrected chi connectivity index (χ4v) is 9.64. The molecule has 0 aromatic heterocycles. The number of carbonyl (C=O) groups excluding carboxylic acids is 2. The van der Waals surface area contributed by atoms with Crippen molar-refractivity contribution in [3.8, 4) is 0 Å². The lowest BCUT2D eigenvalue weighted by Crippen LogP contribution is -2.45. The highest BCUT2D eigenvalue weighted by Crippen LogP contribution is 2.18. The van der Waals surface area contributed by atoms with E-state index in [-0.39, 0.29) is 18.5 Å². The Kier molecular flexibility index (Phi) is 56.0. The second-order valence-corrected chi connectivity index (χ2v) is 21.0. The predicted molar refractivity (Wildman–Crippen MR) is 292 cm³/mol. The molecular weight excluding hydrogens is 827 g/mol. The molecule has 0 radical (unpaired) electrons. The molecule has 6 nitrogen and oxygen atoms in total. The van der Waals surface area contributed by atoms with Gasteiger partial charge < -0.3 is 20.3 Å². The molecule has 398 valence electrons. The zero-order chi connectivity index (χ0) is 48.6. The minimum absolute atomic E-state index is 0.00269. The number of carbonyl (C=O) groups is 2. The van der Waals surface area contributed by atoms with Crippen molar-refractivity contribution in [1.29, 1.82) is 0 Å². The summed E-state index contributed by atoms with van der Waals surface area (Å²) in [6.45, 7) is 4.96. The lowest BCUT2D eigenvalue weighted by atomic mass is 10.0. The minimum Gasteiger partial charge on any atom is -0.466 e. The summed E-state index contributed by atoms with van der Waals surface area (Å²) in [6.07, 6.45) is 67.8. The summed E-state index contributed by atoms with van der Waals surface area (Å²) < 4.78 is 5.49. The summed E-state index contributed by atoms with van der Waals surface area (Å²) in [5, 5.41) is 23.3. The first-order valence-electron chi connectivity index (χ1n) is 30.4. The van der Waals surface area contributed by atoms with Crippen LogP contribution in [0.25, 0.3) is 0 Å². The molecule has 2 atom stereocenters. The molecule has 0 saturated carbocycles. The van der Waals surface area contributed by atoms with E-state index in [1.54, 1.807) is 0 Å². The van der Waals surface area contributed by atoms with Gasteiger partial charge >= 0.3 is 5.97 Å². The van der Waals surface area contributed by atoms with Crippen LogP contribution in [0.3, 0.4) is 0 Å². The molecule has 0 rings (SSSR count). The highest BCUT2D eigenvalue weighted by molar-refractivity contribution is 5.76. The van der Waals surface area contributed by atoms with E-state index >= 15 is 0 Å². The van der Waals surface area contributed by atoms with Crippen LogP contribution < -0.4 is 5.32 Å². The molecule has 2 unspecified atom stereocenters. The van der Waals surface area contributed by atoms with Crippen molar-refractivity contribution in [3.05, 3.63) is 12.2 Å². The lowest BCUT2D eigenvalue weighted by Gasteiger charge is -2.22. The second kappa shape index (κ2) is 57.2. The van der Waals surface area contributed by atoms with Crippen molar-refractivity contribution >= 4 is 11.9 Å². The molecule has 0 saturated heterocycles. The largest absolute Gasteiger partial charge is 0.466 e. The first-order chi connectivity index (χ1) is 33.0. The van der Waals surface area contributed by atoms with Gasteiger partial charge in [-0.25, -0.2) is 0 Å².